The van der Waals surface area contributed by atoms with Crippen molar-refractivity contribution in [3.8, 4) is 28.2 Å². The molecule has 0 aliphatic rings. The third kappa shape index (κ3) is 2.68. The van der Waals surface area contributed by atoms with Gasteiger partial charge in [-0.2, -0.15) is 5.10 Å². The highest BCUT2D eigenvalue weighted by atomic mass is 15.3. The van der Waals surface area contributed by atoms with Gasteiger partial charge in [0, 0.05) is 16.8 Å². The molecule has 1 heterocycles. The van der Waals surface area contributed by atoms with Gasteiger partial charge in [0.05, 0.1) is 17.1 Å². The van der Waals surface area contributed by atoms with Crippen LogP contribution in [0.1, 0.15) is 0 Å². The molecule has 3 nitrogen and oxygen atoms in total. The number of hydrogen-bond acceptors (Lipinski definition) is 2. The van der Waals surface area contributed by atoms with Crippen LogP contribution in [-0.2, 0) is 0 Å². The van der Waals surface area contributed by atoms with Gasteiger partial charge in [0.2, 0.25) is 0 Å². The second-order valence-corrected chi connectivity index (χ2v) is 5.65. The van der Waals surface area contributed by atoms with Gasteiger partial charge in [-0.3, -0.25) is 0 Å². The van der Waals surface area contributed by atoms with Crippen molar-refractivity contribution in [2.24, 2.45) is 0 Å². The summed E-state index contributed by atoms with van der Waals surface area (Å²) in [5, 5.41) is 4.83. The minimum absolute atomic E-state index is 0.746. The fourth-order valence-corrected chi connectivity index (χ4v) is 2.76. The van der Waals surface area contributed by atoms with Crippen LogP contribution in [0.3, 0.4) is 0 Å². The Morgan fingerprint density at radius 3 is 1.88 bits per heavy atom. The maximum atomic E-state index is 5.82. The molecule has 0 radical (unpaired) electrons. The molecule has 24 heavy (non-hydrogen) atoms. The first kappa shape index (κ1) is 14.3. The third-order valence-electron chi connectivity index (χ3n) is 3.99. The normalized spacial score (nSPS) is 10.7. The number of nitrogen functional groups attached to an aromatic ring is 1. The van der Waals surface area contributed by atoms with Crippen molar-refractivity contribution < 1.29 is 0 Å². The van der Waals surface area contributed by atoms with Gasteiger partial charge >= 0.3 is 0 Å². The molecule has 0 saturated heterocycles. The van der Waals surface area contributed by atoms with Crippen molar-refractivity contribution in [1.82, 2.24) is 9.78 Å². The predicted molar refractivity (Wildman–Crippen MR) is 98.8 cm³/mol. The van der Waals surface area contributed by atoms with Gasteiger partial charge in [0.25, 0.3) is 0 Å². The average molecular weight is 311 g/mol. The molecule has 2 N–H and O–H groups in total. The second kappa shape index (κ2) is 6.05. The van der Waals surface area contributed by atoms with E-state index in [4.69, 9.17) is 10.8 Å². The van der Waals surface area contributed by atoms with Crippen LogP contribution in [0, 0.1) is 0 Å². The highest BCUT2D eigenvalue weighted by molar-refractivity contribution is 5.70. The Labute approximate surface area is 141 Å². The molecule has 0 aliphatic carbocycles. The molecule has 4 aromatic rings. The van der Waals surface area contributed by atoms with Gasteiger partial charge in [-0.25, -0.2) is 4.68 Å². The van der Waals surface area contributed by atoms with E-state index in [1.165, 1.54) is 0 Å². The maximum Gasteiger partial charge on any atom is 0.0934 e. The predicted octanol–water partition coefficient (Wildman–Crippen LogP) is 4.79. The van der Waals surface area contributed by atoms with Crippen molar-refractivity contribution in [2.75, 3.05) is 5.73 Å². The van der Waals surface area contributed by atoms with Gasteiger partial charge in [-0.05, 0) is 30.3 Å². The highest BCUT2D eigenvalue weighted by Gasteiger charge is 2.12. The van der Waals surface area contributed by atoms with Crippen molar-refractivity contribution in [3.63, 3.8) is 0 Å². The zero-order chi connectivity index (χ0) is 16.4. The van der Waals surface area contributed by atoms with Gasteiger partial charge in [0.1, 0.15) is 0 Å². The summed E-state index contributed by atoms with van der Waals surface area (Å²) in [7, 11) is 0. The van der Waals surface area contributed by atoms with Crippen LogP contribution in [-0.4, -0.2) is 9.78 Å². The lowest BCUT2D eigenvalue weighted by Crippen LogP contribution is -1.99. The first-order valence-corrected chi connectivity index (χ1v) is 7.88. The molecular formula is C21H17N3. The number of hydrogen-bond donors (Lipinski definition) is 1. The molecule has 116 valence electrons. The molecule has 0 unspecified atom stereocenters. The van der Waals surface area contributed by atoms with Crippen LogP contribution in [0.4, 0.5) is 5.69 Å². The summed E-state index contributed by atoms with van der Waals surface area (Å²) in [6.07, 6.45) is 0. The molecule has 0 amide bonds. The van der Waals surface area contributed by atoms with Gasteiger partial charge in [-0.15, -0.1) is 0 Å². The molecule has 0 fully saturated rings. The van der Waals surface area contributed by atoms with Crippen LogP contribution in [0.15, 0.2) is 91.0 Å². The molecule has 3 aromatic carbocycles. The van der Waals surface area contributed by atoms with Gasteiger partial charge in [0.15, 0.2) is 0 Å². The summed E-state index contributed by atoms with van der Waals surface area (Å²) in [5.74, 6) is 0. The highest BCUT2D eigenvalue weighted by Crippen LogP contribution is 2.28. The summed E-state index contributed by atoms with van der Waals surface area (Å²) >= 11 is 0. The summed E-state index contributed by atoms with van der Waals surface area (Å²) in [4.78, 5) is 0. The van der Waals surface area contributed by atoms with Crippen LogP contribution in [0.2, 0.25) is 0 Å². The smallest absolute Gasteiger partial charge is 0.0934 e. The van der Waals surface area contributed by atoms with Crippen molar-refractivity contribution in [2.45, 2.75) is 0 Å². The zero-order valence-corrected chi connectivity index (χ0v) is 13.1. The van der Waals surface area contributed by atoms with Crippen LogP contribution in [0.5, 0.6) is 0 Å². The molecule has 1 aromatic heterocycles. The minimum atomic E-state index is 0.746. The number of nitrogens with two attached hydrogens (primary N) is 1. The fraction of sp³-hybridized carbons (Fsp3) is 0. The lowest BCUT2D eigenvalue weighted by atomic mass is 10.1. The van der Waals surface area contributed by atoms with Gasteiger partial charge in [-0.1, -0.05) is 60.7 Å². The number of nitrogens with zero attached hydrogens (tertiary/aromatic N) is 2. The van der Waals surface area contributed by atoms with E-state index in [1.54, 1.807) is 0 Å². The van der Waals surface area contributed by atoms with E-state index >= 15 is 0 Å². The van der Waals surface area contributed by atoms with Crippen LogP contribution >= 0.6 is 0 Å². The van der Waals surface area contributed by atoms with E-state index in [-0.39, 0.29) is 0 Å². The summed E-state index contributed by atoms with van der Waals surface area (Å²) in [6, 6.07) is 30.4. The Morgan fingerprint density at radius 1 is 0.667 bits per heavy atom. The second-order valence-electron chi connectivity index (χ2n) is 5.65. The Bertz CT molecular complexity index is 940. The molecule has 3 heteroatoms. The lowest BCUT2D eigenvalue weighted by molar-refractivity contribution is 0.892. The fourth-order valence-electron chi connectivity index (χ4n) is 2.76. The SMILES string of the molecule is Nc1ccc(-n2nc(-c3ccccc3)cc2-c2ccccc2)cc1. The molecule has 0 aliphatic heterocycles. The Morgan fingerprint density at radius 2 is 1.25 bits per heavy atom. The van der Waals surface area contributed by atoms with E-state index in [9.17, 15) is 0 Å². The number of aromatic nitrogens is 2. The quantitative estimate of drug-likeness (QED) is 0.553. The number of anilines is 1. The summed E-state index contributed by atoms with van der Waals surface area (Å²) in [6.45, 7) is 0. The molecule has 4 rings (SSSR count). The number of benzene rings is 3. The van der Waals surface area contributed by atoms with Crippen LogP contribution in [0.25, 0.3) is 28.2 Å². The average Bonchev–Trinajstić information content (AvgIpc) is 3.09. The number of rotatable bonds is 3. The zero-order valence-electron chi connectivity index (χ0n) is 13.1. The van der Waals surface area contributed by atoms with E-state index in [1.807, 2.05) is 65.3 Å². The Hall–Kier alpha value is -3.33. The Balaban J connectivity index is 1.90. The Kier molecular flexibility index (Phi) is 3.60. The van der Waals surface area contributed by atoms with Crippen LogP contribution < -0.4 is 5.73 Å². The minimum Gasteiger partial charge on any atom is -0.399 e. The third-order valence-corrected chi connectivity index (χ3v) is 3.99. The summed E-state index contributed by atoms with van der Waals surface area (Å²) in [5.41, 5.74) is 11.8. The lowest BCUT2D eigenvalue weighted by Gasteiger charge is -2.07. The van der Waals surface area contributed by atoms with E-state index in [0.717, 1.165) is 33.9 Å². The molecule has 0 spiro atoms. The van der Waals surface area contributed by atoms with E-state index in [2.05, 4.69) is 30.3 Å². The standard InChI is InChI=1S/C21H17N3/c22-18-11-13-19(14-12-18)24-21(17-9-5-2-6-10-17)15-20(23-24)16-7-3-1-4-8-16/h1-15H,22H2. The first-order valence-electron chi connectivity index (χ1n) is 7.88. The maximum absolute atomic E-state index is 5.82. The van der Waals surface area contributed by atoms with E-state index < -0.39 is 0 Å². The largest absolute Gasteiger partial charge is 0.399 e. The summed E-state index contributed by atoms with van der Waals surface area (Å²) < 4.78 is 1.97. The molecule has 0 bridgehead atoms. The molecule has 0 atom stereocenters. The first-order chi connectivity index (χ1) is 11.8. The molecular weight excluding hydrogens is 294 g/mol. The topological polar surface area (TPSA) is 43.8 Å². The van der Waals surface area contributed by atoms with Crippen molar-refractivity contribution >= 4 is 5.69 Å². The van der Waals surface area contributed by atoms with Crippen molar-refractivity contribution in [1.29, 1.82) is 0 Å². The molecule has 0 saturated carbocycles. The van der Waals surface area contributed by atoms with E-state index in [0.29, 0.717) is 0 Å². The van der Waals surface area contributed by atoms with Gasteiger partial charge < -0.3 is 5.73 Å². The van der Waals surface area contributed by atoms with Crippen molar-refractivity contribution in [3.05, 3.63) is 91.0 Å². The monoisotopic (exact) mass is 311 g/mol.